The van der Waals surface area contributed by atoms with E-state index >= 15 is 0 Å². The van der Waals surface area contributed by atoms with Gasteiger partial charge in [-0.3, -0.25) is 4.79 Å². The highest BCUT2D eigenvalue weighted by molar-refractivity contribution is 9.10. The Bertz CT molecular complexity index is 479. The second-order valence-corrected chi connectivity index (χ2v) is 4.24. The lowest BCUT2D eigenvalue weighted by Gasteiger charge is -2.15. The molecule has 0 unspecified atom stereocenters. The van der Waals surface area contributed by atoms with Crippen molar-refractivity contribution in [2.45, 2.75) is 12.1 Å². The van der Waals surface area contributed by atoms with Crippen molar-refractivity contribution in [3.63, 3.8) is 0 Å². The molecule has 0 aromatic heterocycles. The minimum absolute atomic E-state index is 0.218. The van der Waals surface area contributed by atoms with E-state index in [1.54, 1.807) is 12.1 Å². The Morgan fingerprint density at radius 3 is 2.28 bits per heavy atom. The number of hydrogen-bond acceptors (Lipinski definition) is 1. The molecule has 7 heteroatoms. The van der Waals surface area contributed by atoms with Gasteiger partial charge in [0.05, 0.1) is 0 Å². The Hall–Kier alpha value is -1.24. The van der Waals surface area contributed by atoms with Crippen molar-refractivity contribution in [2.24, 2.45) is 0 Å². The average Bonchev–Trinajstić information content (AvgIpc) is 2.24. The van der Waals surface area contributed by atoms with E-state index < -0.39 is 17.9 Å². The molecule has 0 amide bonds. The fraction of sp³-hybridized carbons (Fsp3) is 0.182. The first-order valence-corrected chi connectivity index (χ1v) is 5.36. The van der Waals surface area contributed by atoms with E-state index in [9.17, 15) is 26.7 Å². The minimum Gasteiger partial charge on any atom is -0.288 e. The molecule has 1 rings (SSSR count). The number of rotatable bonds is 3. The van der Waals surface area contributed by atoms with Crippen LogP contribution in [0.3, 0.4) is 0 Å². The molecule has 0 saturated carbocycles. The number of alkyl halides is 5. The topological polar surface area (TPSA) is 17.1 Å². The van der Waals surface area contributed by atoms with Crippen LogP contribution in [0.15, 0.2) is 34.8 Å². The molecule has 0 N–H and O–H groups in total. The molecule has 0 saturated heterocycles. The molecule has 0 spiro atoms. The molecule has 0 fully saturated rings. The molecular formula is C11H6BrF5O. The molecule has 0 aliphatic rings. The lowest BCUT2D eigenvalue weighted by Crippen LogP contribution is -2.43. The first kappa shape index (κ1) is 14.8. The van der Waals surface area contributed by atoms with E-state index in [0.717, 1.165) is 6.08 Å². The fourth-order valence-corrected chi connectivity index (χ4v) is 1.44. The number of halogens is 6. The number of hydrogen-bond donors (Lipinski definition) is 0. The Morgan fingerprint density at radius 1 is 1.17 bits per heavy atom. The highest BCUT2D eigenvalue weighted by Crippen LogP contribution is 2.36. The van der Waals surface area contributed by atoms with Gasteiger partial charge in [-0.05, 0) is 23.8 Å². The quantitative estimate of drug-likeness (QED) is 0.599. The van der Waals surface area contributed by atoms with E-state index in [0.29, 0.717) is 10.0 Å². The summed E-state index contributed by atoms with van der Waals surface area (Å²) in [6, 6.07) is 6.12. The molecule has 0 atom stereocenters. The van der Waals surface area contributed by atoms with Crippen LogP contribution in [0.25, 0.3) is 6.08 Å². The van der Waals surface area contributed by atoms with Crippen molar-refractivity contribution in [2.75, 3.05) is 0 Å². The molecule has 1 nitrogen and oxygen atoms in total. The van der Waals surface area contributed by atoms with Crippen LogP contribution in [-0.4, -0.2) is 17.9 Å². The molecule has 1 aromatic carbocycles. The van der Waals surface area contributed by atoms with Gasteiger partial charge in [-0.25, -0.2) is 0 Å². The lowest BCUT2D eigenvalue weighted by molar-refractivity contribution is -0.266. The summed E-state index contributed by atoms with van der Waals surface area (Å²) >= 11 is 3.09. The summed E-state index contributed by atoms with van der Waals surface area (Å²) in [7, 11) is 0. The zero-order valence-corrected chi connectivity index (χ0v) is 10.2. The van der Waals surface area contributed by atoms with E-state index in [-0.39, 0.29) is 6.08 Å². The standard InChI is InChI=1S/C11H6BrF5O/c12-8-3-1-2-7(6-8)4-5-9(18)10(13,14)11(15,16)17/h1-6H/b5-4+. The Kier molecular flexibility index (Phi) is 4.26. The van der Waals surface area contributed by atoms with Gasteiger partial charge < -0.3 is 0 Å². The van der Waals surface area contributed by atoms with Crippen LogP contribution in [0.2, 0.25) is 0 Å². The summed E-state index contributed by atoms with van der Waals surface area (Å²) in [6.07, 6.45) is -4.77. The maximum absolute atomic E-state index is 12.6. The van der Waals surface area contributed by atoms with Gasteiger partial charge in [0.1, 0.15) is 0 Å². The zero-order chi connectivity index (χ0) is 14.0. The zero-order valence-electron chi connectivity index (χ0n) is 8.64. The van der Waals surface area contributed by atoms with Gasteiger partial charge in [-0.15, -0.1) is 0 Å². The first-order chi connectivity index (χ1) is 8.14. The van der Waals surface area contributed by atoms with Crippen LogP contribution in [0.4, 0.5) is 22.0 Å². The van der Waals surface area contributed by atoms with Crippen LogP contribution >= 0.6 is 15.9 Å². The smallest absolute Gasteiger partial charge is 0.288 e. The summed E-state index contributed by atoms with van der Waals surface area (Å²) in [5.74, 6) is -7.66. The van der Waals surface area contributed by atoms with Gasteiger partial charge >= 0.3 is 12.1 Å². The van der Waals surface area contributed by atoms with Crippen molar-refractivity contribution in [1.29, 1.82) is 0 Å². The Morgan fingerprint density at radius 2 is 1.78 bits per heavy atom. The van der Waals surface area contributed by atoms with Gasteiger partial charge in [-0.1, -0.05) is 34.1 Å². The van der Waals surface area contributed by atoms with Crippen LogP contribution in [0.5, 0.6) is 0 Å². The third-order valence-electron chi connectivity index (χ3n) is 1.94. The van der Waals surface area contributed by atoms with E-state index in [1.165, 1.54) is 12.1 Å². The molecular weight excluding hydrogens is 323 g/mol. The van der Waals surface area contributed by atoms with Crippen LogP contribution < -0.4 is 0 Å². The normalized spacial score (nSPS) is 13.0. The van der Waals surface area contributed by atoms with Crippen molar-refractivity contribution in [3.8, 4) is 0 Å². The number of benzene rings is 1. The van der Waals surface area contributed by atoms with Crippen LogP contribution in [-0.2, 0) is 4.79 Å². The monoisotopic (exact) mass is 328 g/mol. The molecule has 1 aromatic rings. The molecule has 0 radical (unpaired) electrons. The van der Waals surface area contributed by atoms with E-state index in [2.05, 4.69) is 15.9 Å². The van der Waals surface area contributed by atoms with Gasteiger partial charge in [0.25, 0.3) is 0 Å². The highest BCUT2D eigenvalue weighted by Gasteiger charge is 2.62. The van der Waals surface area contributed by atoms with Gasteiger partial charge in [0, 0.05) is 4.47 Å². The second-order valence-electron chi connectivity index (χ2n) is 3.32. The van der Waals surface area contributed by atoms with Crippen molar-refractivity contribution >= 4 is 27.8 Å². The summed E-state index contributed by atoms with van der Waals surface area (Å²) in [6.45, 7) is 0. The minimum atomic E-state index is -5.88. The Labute approximate surface area is 107 Å². The maximum Gasteiger partial charge on any atom is 0.461 e. The van der Waals surface area contributed by atoms with Crippen molar-refractivity contribution in [1.82, 2.24) is 0 Å². The average molecular weight is 329 g/mol. The summed E-state index contributed by atoms with van der Waals surface area (Å²) in [5.41, 5.74) is 0.329. The molecule has 98 valence electrons. The number of carbonyl (C=O) groups excluding carboxylic acids is 1. The van der Waals surface area contributed by atoms with E-state index in [1.807, 2.05) is 0 Å². The SMILES string of the molecule is O=C(/C=C/c1cccc(Br)c1)C(F)(F)C(F)(F)F. The molecule has 0 bridgehead atoms. The summed E-state index contributed by atoms with van der Waals surface area (Å²) in [4.78, 5) is 10.8. The Balaban J connectivity index is 2.89. The van der Waals surface area contributed by atoms with Crippen molar-refractivity contribution in [3.05, 3.63) is 40.4 Å². The highest BCUT2D eigenvalue weighted by atomic mass is 79.9. The number of ketones is 1. The van der Waals surface area contributed by atoms with E-state index in [4.69, 9.17) is 0 Å². The van der Waals surface area contributed by atoms with Gasteiger partial charge in [0.2, 0.25) is 5.78 Å². The molecule has 0 aliphatic heterocycles. The molecule has 0 aliphatic carbocycles. The molecule has 0 heterocycles. The van der Waals surface area contributed by atoms with Gasteiger partial charge in [0.15, 0.2) is 0 Å². The maximum atomic E-state index is 12.6. The number of carbonyl (C=O) groups is 1. The van der Waals surface area contributed by atoms with Crippen LogP contribution in [0, 0.1) is 0 Å². The lowest BCUT2D eigenvalue weighted by atomic mass is 10.1. The van der Waals surface area contributed by atoms with Crippen molar-refractivity contribution < 1.29 is 26.7 Å². The third kappa shape index (κ3) is 3.38. The number of allylic oxidation sites excluding steroid dienone is 1. The predicted octanol–water partition coefficient (Wildman–Crippen LogP) is 4.23. The largest absolute Gasteiger partial charge is 0.461 e. The van der Waals surface area contributed by atoms with Gasteiger partial charge in [-0.2, -0.15) is 22.0 Å². The molecule has 18 heavy (non-hydrogen) atoms. The fourth-order valence-electron chi connectivity index (χ4n) is 1.03. The second kappa shape index (κ2) is 5.17. The third-order valence-corrected chi connectivity index (χ3v) is 2.43. The first-order valence-electron chi connectivity index (χ1n) is 4.57. The summed E-state index contributed by atoms with van der Waals surface area (Å²) in [5, 5.41) is 0. The van der Waals surface area contributed by atoms with Crippen LogP contribution in [0.1, 0.15) is 5.56 Å². The summed E-state index contributed by atoms with van der Waals surface area (Å²) < 4.78 is 61.3. The predicted molar refractivity (Wildman–Crippen MR) is 59.2 cm³/mol.